The molecule has 0 saturated carbocycles. The van der Waals surface area contributed by atoms with Crippen LogP contribution in [0.3, 0.4) is 0 Å². The topological polar surface area (TPSA) is 62.7 Å². The van der Waals surface area contributed by atoms with Crippen LogP contribution in [0, 0.1) is 0 Å². The Hall–Kier alpha value is -2.09. The van der Waals surface area contributed by atoms with Crippen LogP contribution in [0.2, 0.25) is 0 Å². The Morgan fingerprint density at radius 1 is 1.07 bits per heavy atom. The van der Waals surface area contributed by atoms with Crippen molar-refractivity contribution in [1.82, 2.24) is 19.6 Å². The highest BCUT2D eigenvalue weighted by molar-refractivity contribution is 5.27. The zero-order chi connectivity index (χ0) is 18.6. The van der Waals surface area contributed by atoms with Gasteiger partial charge in [0.25, 0.3) is 5.56 Å². The summed E-state index contributed by atoms with van der Waals surface area (Å²) in [5.74, 6) is 0.869. The van der Waals surface area contributed by atoms with Crippen LogP contribution in [-0.2, 0) is 30.8 Å². The van der Waals surface area contributed by atoms with Gasteiger partial charge in [0.05, 0.1) is 32.4 Å². The first kappa shape index (κ1) is 18.3. The van der Waals surface area contributed by atoms with E-state index in [0.717, 1.165) is 69.4 Å². The van der Waals surface area contributed by atoms with Crippen molar-refractivity contribution in [3.63, 3.8) is 0 Å². The van der Waals surface area contributed by atoms with Crippen molar-refractivity contribution in [2.24, 2.45) is 0 Å². The number of morpholine rings is 1. The number of rotatable bonds is 6. The Balaban J connectivity index is 1.38. The van der Waals surface area contributed by atoms with E-state index in [2.05, 4.69) is 27.0 Å². The number of hydrogen-bond acceptors (Lipinski definition) is 5. The van der Waals surface area contributed by atoms with E-state index in [-0.39, 0.29) is 5.56 Å². The molecule has 2 aromatic rings. The average molecular weight is 372 g/mol. The molecule has 1 aromatic heterocycles. The van der Waals surface area contributed by atoms with Crippen molar-refractivity contribution >= 4 is 0 Å². The summed E-state index contributed by atoms with van der Waals surface area (Å²) in [6, 6.07) is 8.15. The molecule has 27 heavy (non-hydrogen) atoms. The molecular formula is C20H28N4O3. The quantitative estimate of drug-likeness (QED) is 0.822. The normalized spacial score (nSPS) is 18.4. The van der Waals surface area contributed by atoms with Gasteiger partial charge in [-0.2, -0.15) is 0 Å². The number of nitrogens with zero attached hydrogens (tertiary/aromatic N) is 3. The van der Waals surface area contributed by atoms with E-state index in [0.29, 0.717) is 13.1 Å². The standard InChI is InChI=1S/C20H28N4O3/c1-26-17-4-2-16(3-5-17)14-23-7-6-19-18(15-23)20(25)24(21-19)9-8-22-10-12-27-13-11-22/h2-5,21H,6-15H2,1H3. The van der Waals surface area contributed by atoms with Crippen LogP contribution in [0.15, 0.2) is 29.1 Å². The minimum absolute atomic E-state index is 0.137. The smallest absolute Gasteiger partial charge is 0.271 e. The van der Waals surface area contributed by atoms with Crippen molar-refractivity contribution < 1.29 is 9.47 Å². The molecule has 1 saturated heterocycles. The molecule has 2 aliphatic rings. The van der Waals surface area contributed by atoms with Gasteiger partial charge in [-0.25, -0.2) is 0 Å². The van der Waals surface area contributed by atoms with Gasteiger partial charge in [0.2, 0.25) is 0 Å². The third-order valence-electron chi connectivity index (χ3n) is 5.51. The zero-order valence-corrected chi connectivity index (χ0v) is 15.9. The highest BCUT2D eigenvalue weighted by Crippen LogP contribution is 2.18. The first-order chi connectivity index (χ1) is 13.2. The SMILES string of the molecule is COc1ccc(CN2CCc3[nH]n(CCN4CCOCC4)c(=O)c3C2)cc1. The van der Waals surface area contributed by atoms with Gasteiger partial charge in [-0.3, -0.25) is 24.4 Å². The maximum Gasteiger partial charge on any atom is 0.271 e. The highest BCUT2D eigenvalue weighted by atomic mass is 16.5. The minimum atomic E-state index is 0.137. The maximum atomic E-state index is 12.8. The lowest BCUT2D eigenvalue weighted by atomic mass is 10.1. The molecule has 7 heteroatoms. The van der Waals surface area contributed by atoms with Gasteiger partial charge in [0, 0.05) is 51.4 Å². The van der Waals surface area contributed by atoms with Crippen molar-refractivity contribution in [3.8, 4) is 5.75 Å². The van der Waals surface area contributed by atoms with Crippen molar-refractivity contribution in [2.45, 2.75) is 26.1 Å². The maximum absolute atomic E-state index is 12.8. The number of H-pyrrole nitrogens is 1. The number of nitrogens with one attached hydrogen (secondary N) is 1. The Labute approximate surface area is 159 Å². The fraction of sp³-hybridized carbons (Fsp3) is 0.550. The number of hydrogen-bond donors (Lipinski definition) is 1. The van der Waals surface area contributed by atoms with Gasteiger partial charge in [0.15, 0.2) is 0 Å². The lowest BCUT2D eigenvalue weighted by molar-refractivity contribution is 0.0358. The van der Waals surface area contributed by atoms with Crippen LogP contribution < -0.4 is 10.3 Å². The molecule has 1 N–H and O–H groups in total. The molecule has 4 rings (SSSR count). The molecule has 3 heterocycles. The predicted octanol–water partition coefficient (Wildman–Crippen LogP) is 1.08. The van der Waals surface area contributed by atoms with E-state index in [1.807, 2.05) is 12.1 Å². The van der Waals surface area contributed by atoms with E-state index < -0.39 is 0 Å². The second-order valence-electron chi connectivity index (χ2n) is 7.29. The minimum Gasteiger partial charge on any atom is -0.497 e. The van der Waals surface area contributed by atoms with Gasteiger partial charge in [-0.15, -0.1) is 0 Å². The first-order valence-electron chi connectivity index (χ1n) is 9.69. The van der Waals surface area contributed by atoms with Gasteiger partial charge in [-0.05, 0) is 17.7 Å². The number of fused-ring (bicyclic) bond motifs is 1. The lowest BCUT2D eigenvalue weighted by Crippen LogP contribution is -2.39. The molecule has 1 aromatic carbocycles. The van der Waals surface area contributed by atoms with Crippen LogP contribution in [-0.4, -0.2) is 66.1 Å². The van der Waals surface area contributed by atoms with Gasteiger partial charge >= 0.3 is 0 Å². The molecule has 0 radical (unpaired) electrons. The van der Waals surface area contributed by atoms with Gasteiger partial charge < -0.3 is 9.47 Å². The summed E-state index contributed by atoms with van der Waals surface area (Å²) in [6.45, 7) is 7.59. The predicted molar refractivity (Wildman–Crippen MR) is 103 cm³/mol. The molecule has 0 bridgehead atoms. The lowest BCUT2D eigenvalue weighted by Gasteiger charge is -2.26. The third-order valence-corrected chi connectivity index (χ3v) is 5.51. The van der Waals surface area contributed by atoms with Crippen LogP contribution in [0.5, 0.6) is 5.75 Å². The number of aromatic amines is 1. The summed E-state index contributed by atoms with van der Waals surface area (Å²) < 4.78 is 12.4. The third kappa shape index (κ3) is 4.26. The second kappa shape index (κ2) is 8.29. The highest BCUT2D eigenvalue weighted by Gasteiger charge is 2.23. The van der Waals surface area contributed by atoms with E-state index in [1.165, 1.54) is 5.56 Å². The van der Waals surface area contributed by atoms with E-state index in [4.69, 9.17) is 9.47 Å². The molecule has 0 atom stereocenters. The van der Waals surface area contributed by atoms with Gasteiger partial charge in [0.1, 0.15) is 5.75 Å². The molecule has 1 fully saturated rings. The van der Waals surface area contributed by atoms with Crippen molar-refractivity contribution in [1.29, 1.82) is 0 Å². The van der Waals surface area contributed by atoms with Crippen molar-refractivity contribution in [3.05, 3.63) is 51.4 Å². The van der Waals surface area contributed by atoms with Crippen LogP contribution in [0.25, 0.3) is 0 Å². The summed E-state index contributed by atoms with van der Waals surface area (Å²) in [5, 5.41) is 3.34. The van der Waals surface area contributed by atoms with Crippen LogP contribution in [0.1, 0.15) is 16.8 Å². The summed E-state index contributed by atoms with van der Waals surface area (Å²) in [7, 11) is 1.68. The summed E-state index contributed by atoms with van der Waals surface area (Å²) in [5.41, 5.74) is 3.41. The fourth-order valence-electron chi connectivity index (χ4n) is 3.86. The number of ether oxygens (including phenoxy) is 2. The molecule has 0 aliphatic carbocycles. The fourth-order valence-corrected chi connectivity index (χ4v) is 3.86. The van der Waals surface area contributed by atoms with E-state index >= 15 is 0 Å². The number of methoxy groups -OCH3 is 1. The Morgan fingerprint density at radius 3 is 2.59 bits per heavy atom. The van der Waals surface area contributed by atoms with Crippen molar-refractivity contribution in [2.75, 3.05) is 46.5 Å². The number of aromatic nitrogens is 2. The molecule has 0 unspecified atom stereocenters. The average Bonchev–Trinajstić information content (AvgIpc) is 3.03. The van der Waals surface area contributed by atoms with E-state index in [1.54, 1.807) is 11.8 Å². The molecule has 0 amide bonds. The Bertz CT molecular complexity index is 806. The molecular weight excluding hydrogens is 344 g/mol. The summed E-state index contributed by atoms with van der Waals surface area (Å²) in [4.78, 5) is 17.5. The molecule has 146 valence electrons. The Morgan fingerprint density at radius 2 is 1.85 bits per heavy atom. The monoisotopic (exact) mass is 372 g/mol. The van der Waals surface area contributed by atoms with Crippen LogP contribution in [0.4, 0.5) is 0 Å². The summed E-state index contributed by atoms with van der Waals surface area (Å²) >= 11 is 0. The molecule has 0 spiro atoms. The zero-order valence-electron chi connectivity index (χ0n) is 15.9. The largest absolute Gasteiger partial charge is 0.497 e. The first-order valence-corrected chi connectivity index (χ1v) is 9.69. The second-order valence-corrected chi connectivity index (χ2v) is 7.29. The van der Waals surface area contributed by atoms with E-state index in [9.17, 15) is 4.79 Å². The number of benzene rings is 1. The Kier molecular flexibility index (Phi) is 5.61. The molecule has 7 nitrogen and oxygen atoms in total. The summed E-state index contributed by atoms with van der Waals surface area (Å²) in [6.07, 6.45) is 0.894. The molecule has 2 aliphatic heterocycles. The van der Waals surface area contributed by atoms with Crippen LogP contribution >= 0.6 is 0 Å². The van der Waals surface area contributed by atoms with Gasteiger partial charge in [-0.1, -0.05) is 12.1 Å².